The number of ketones is 1. The standard InChI is InChI=1S/C20H24O5/c1-5-25-20-12(3)11(2)19(24)17(13(20)4)9-16(22)8-14-6-7-15(21)10-18(14)23/h6-7,10,21,23-24H,5,8-9H2,1-4H3. The van der Waals surface area contributed by atoms with E-state index < -0.39 is 0 Å². The maximum Gasteiger partial charge on any atom is 0.141 e. The lowest BCUT2D eigenvalue weighted by Gasteiger charge is -2.19. The van der Waals surface area contributed by atoms with Gasteiger partial charge in [0.1, 0.15) is 28.8 Å². The summed E-state index contributed by atoms with van der Waals surface area (Å²) in [6.07, 6.45) is 0.0566. The van der Waals surface area contributed by atoms with Crippen LogP contribution in [0, 0.1) is 20.8 Å². The van der Waals surface area contributed by atoms with Crippen molar-refractivity contribution in [2.45, 2.75) is 40.5 Å². The summed E-state index contributed by atoms with van der Waals surface area (Å²) in [6.45, 7) is 7.90. The van der Waals surface area contributed by atoms with Gasteiger partial charge in [-0.15, -0.1) is 0 Å². The topological polar surface area (TPSA) is 87.0 Å². The summed E-state index contributed by atoms with van der Waals surface area (Å²) < 4.78 is 5.69. The molecule has 0 aliphatic heterocycles. The summed E-state index contributed by atoms with van der Waals surface area (Å²) in [5, 5.41) is 29.6. The molecule has 0 aliphatic carbocycles. The fourth-order valence-electron chi connectivity index (χ4n) is 2.92. The molecule has 0 radical (unpaired) electrons. The van der Waals surface area contributed by atoms with Crippen LogP contribution in [0.15, 0.2) is 18.2 Å². The largest absolute Gasteiger partial charge is 0.508 e. The molecule has 25 heavy (non-hydrogen) atoms. The van der Waals surface area contributed by atoms with Gasteiger partial charge in [-0.05, 0) is 50.5 Å². The Morgan fingerprint density at radius 2 is 1.68 bits per heavy atom. The first-order valence-corrected chi connectivity index (χ1v) is 8.23. The molecule has 0 amide bonds. The van der Waals surface area contributed by atoms with Crippen LogP contribution in [0.4, 0.5) is 0 Å². The Labute approximate surface area is 147 Å². The van der Waals surface area contributed by atoms with Crippen molar-refractivity contribution < 1.29 is 24.9 Å². The first kappa shape index (κ1) is 18.6. The third kappa shape index (κ3) is 3.87. The van der Waals surface area contributed by atoms with Gasteiger partial charge in [0.2, 0.25) is 0 Å². The first-order chi connectivity index (χ1) is 11.8. The van der Waals surface area contributed by atoms with Crippen LogP contribution in [0.5, 0.6) is 23.0 Å². The van der Waals surface area contributed by atoms with E-state index >= 15 is 0 Å². The summed E-state index contributed by atoms with van der Waals surface area (Å²) in [4.78, 5) is 12.5. The summed E-state index contributed by atoms with van der Waals surface area (Å²) in [7, 11) is 0. The van der Waals surface area contributed by atoms with Crippen molar-refractivity contribution in [1.82, 2.24) is 0 Å². The van der Waals surface area contributed by atoms with Crippen LogP contribution in [0.1, 0.15) is 34.7 Å². The van der Waals surface area contributed by atoms with E-state index in [4.69, 9.17) is 4.74 Å². The zero-order valence-corrected chi connectivity index (χ0v) is 15.0. The minimum atomic E-state index is -0.148. The molecule has 0 saturated carbocycles. The number of aromatic hydroxyl groups is 3. The van der Waals surface area contributed by atoms with Crippen LogP contribution in [-0.4, -0.2) is 27.7 Å². The van der Waals surface area contributed by atoms with Gasteiger partial charge in [0.05, 0.1) is 6.61 Å². The molecule has 0 heterocycles. The second-order valence-corrected chi connectivity index (χ2v) is 6.17. The number of carbonyl (C=O) groups excluding carboxylic acids is 1. The van der Waals surface area contributed by atoms with Crippen LogP contribution >= 0.6 is 0 Å². The van der Waals surface area contributed by atoms with E-state index in [2.05, 4.69) is 0 Å². The van der Waals surface area contributed by atoms with E-state index in [9.17, 15) is 20.1 Å². The molecule has 0 fully saturated rings. The molecule has 0 aliphatic rings. The fraction of sp³-hybridized carbons (Fsp3) is 0.350. The zero-order valence-electron chi connectivity index (χ0n) is 15.0. The molecule has 0 spiro atoms. The molecule has 5 heteroatoms. The van der Waals surface area contributed by atoms with Crippen molar-refractivity contribution in [1.29, 1.82) is 0 Å². The number of hydrogen-bond donors (Lipinski definition) is 3. The summed E-state index contributed by atoms with van der Waals surface area (Å²) >= 11 is 0. The Bertz CT molecular complexity index is 808. The molecule has 5 nitrogen and oxygen atoms in total. The predicted octanol–water partition coefficient (Wildman–Crippen LogP) is 3.48. The van der Waals surface area contributed by atoms with Crippen molar-refractivity contribution in [2.24, 2.45) is 0 Å². The number of hydrogen-bond acceptors (Lipinski definition) is 5. The van der Waals surface area contributed by atoms with Crippen LogP contribution in [-0.2, 0) is 17.6 Å². The minimum Gasteiger partial charge on any atom is -0.508 e. The lowest BCUT2D eigenvalue weighted by Crippen LogP contribution is -2.10. The average molecular weight is 344 g/mol. The Morgan fingerprint density at radius 1 is 1.00 bits per heavy atom. The molecule has 2 aromatic carbocycles. The maximum atomic E-state index is 12.5. The van der Waals surface area contributed by atoms with Gasteiger partial charge >= 0.3 is 0 Å². The van der Waals surface area contributed by atoms with E-state index in [1.165, 1.54) is 18.2 Å². The Balaban J connectivity index is 2.31. The molecule has 0 aromatic heterocycles. The van der Waals surface area contributed by atoms with E-state index in [0.29, 0.717) is 29.0 Å². The quantitative estimate of drug-likeness (QED) is 0.747. The lowest BCUT2D eigenvalue weighted by atomic mass is 9.93. The summed E-state index contributed by atoms with van der Waals surface area (Å²) in [5.41, 5.74) is 3.31. The number of phenols is 3. The van der Waals surface area contributed by atoms with Gasteiger partial charge in [-0.2, -0.15) is 0 Å². The number of rotatable bonds is 6. The van der Waals surface area contributed by atoms with E-state index in [-0.39, 0.29) is 35.9 Å². The van der Waals surface area contributed by atoms with Gasteiger partial charge < -0.3 is 20.1 Å². The molecule has 134 valence electrons. The van der Waals surface area contributed by atoms with Gasteiger partial charge in [0.25, 0.3) is 0 Å². The monoisotopic (exact) mass is 344 g/mol. The number of Topliss-reactive ketones (excluding diaryl/α,β-unsaturated/α-hetero) is 1. The van der Waals surface area contributed by atoms with Crippen molar-refractivity contribution in [3.63, 3.8) is 0 Å². The third-order valence-electron chi connectivity index (χ3n) is 4.46. The normalized spacial score (nSPS) is 10.7. The maximum absolute atomic E-state index is 12.5. The first-order valence-electron chi connectivity index (χ1n) is 8.23. The molecular formula is C20H24O5. The summed E-state index contributed by atoms with van der Waals surface area (Å²) in [6, 6.07) is 4.14. The van der Waals surface area contributed by atoms with Crippen LogP contribution < -0.4 is 4.74 Å². The third-order valence-corrected chi connectivity index (χ3v) is 4.46. The molecule has 0 unspecified atom stereocenters. The summed E-state index contributed by atoms with van der Waals surface area (Å²) in [5.74, 6) is 0.488. The zero-order chi connectivity index (χ0) is 18.7. The molecule has 0 atom stereocenters. The van der Waals surface area contributed by atoms with E-state index in [1.807, 2.05) is 20.8 Å². The highest BCUT2D eigenvalue weighted by molar-refractivity contribution is 5.85. The lowest BCUT2D eigenvalue weighted by molar-refractivity contribution is -0.117. The van der Waals surface area contributed by atoms with Gasteiger partial charge in [-0.3, -0.25) is 4.79 Å². The molecule has 3 N–H and O–H groups in total. The van der Waals surface area contributed by atoms with Gasteiger partial charge in [0.15, 0.2) is 0 Å². The smallest absolute Gasteiger partial charge is 0.141 e. The fourth-order valence-corrected chi connectivity index (χ4v) is 2.92. The predicted molar refractivity (Wildman–Crippen MR) is 95.7 cm³/mol. The number of carbonyl (C=O) groups is 1. The Hall–Kier alpha value is -2.69. The second-order valence-electron chi connectivity index (χ2n) is 6.17. The van der Waals surface area contributed by atoms with Gasteiger partial charge in [-0.1, -0.05) is 6.07 Å². The SMILES string of the molecule is CCOc1c(C)c(C)c(O)c(CC(=O)Cc2ccc(O)cc2O)c1C. The Kier molecular flexibility index (Phi) is 5.57. The highest BCUT2D eigenvalue weighted by atomic mass is 16.5. The molecule has 0 saturated heterocycles. The highest BCUT2D eigenvalue weighted by Gasteiger charge is 2.20. The van der Waals surface area contributed by atoms with E-state index in [0.717, 1.165) is 11.1 Å². The van der Waals surface area contributed by atoms with Crippen LogP contribution in [0.2, 0.25) is 0 Å². The van der Waals surface area contributed by atoms with Crippen molar-refractivity contribution in [3.8, 4) is 23.0 Å². The van der Waals surface area contributed by atoms with E-state index in [1.54, 1.807) is 6.92 Å². The van der Waals surface area contributed by atoms with Crippen molar-refractivity contribution in [3.05, 3.63) is 46.0 Å². The highest BCUT2D eigenvalue weighted by Crippen LogP contribution is 2.37. The van der Waals surface area contributed by atoms with Crippen LogP contribution in [0.3, 0.4) is 0 Å². The molecule has 2 aromatic rings. The molecular weight excluding hydrogens is 320 g/mol. The minimum absolute atomic E-state index is 0.0158. The number of benzene rings is 2. The number of phenolic OH excluding ortho intramolecular Hbond substituents is 3. The average Bonchev–Trinajstić information content (AvgIpc) is 2.56. The molecule has 2 rings (SSSR count). The van der Waals surface area contributed by atoms with Crippen LogP contribution in [0.25, 0.3) is 0 Å². The van der Waals surface area contributed by atoms with Crippen molar-refractivity contribution >= 4 is 5.78 Å². The Morgan fingerprint density at radius 3 is 2.28 bits per heavy atom. The van der Waals surface area contributed by atoms with Gasteiger partial charge in [-0.25, -0.2) is 0 Å². The van der Waals surface area contributed by atoms with Gasteiger partial charge in [0, 0.05) is 30.0 Å². The number of ether oxygens (including phenoxy) is 1. The van der Waals surface area contributed by atoms with Crippen molar-refractivity contribution in [2.75, 3.05) is 6.61 Å². The second kappa shape index (κ2) is 7.47. The molecule has 0 bridgehead atoms.